The van der Waals surface area contributed by atoms with Crippen LogP contribution in [0.3, 0.4) is 0 Å². The molecule has 150 valence electrons. The molecule has 1 aliphatic rings. The van der Waals surface area contributed by atoms with E-state index in [4.69, 9.17) is 4.74 Å². The van der Waals surface area contributed by atoms with Crippen LogP contribution in [-0.2, 0) is 0 Å². The number of rotatable bonds is 6. The topological polar surface area (TPSA) is 53.9 Å². The number of nitrogens with one attached hydrogen (secondary N) is 1. The summed E-state index contributed by atoms with van der Waals surface area (Å²) in [6, 6.07) is 7.89. The smallest absolute Gasteiger partial charge is 0.281 e. The Bertz CT molecular complexity index is 859. The van der Waals surface area contributed by atoms with Crippen LogP contribution in [0, 0.1) is 0 Å². The maximum atomic E-state index is 12.1. The first-order valence-electron chi connectivity index (χ1n) is 9.74. The molecule has 2 aromatic rings. The molecule has 1 aliphatic heterocycles. The van der Waals surface area contributed by atoms with E-state index >= 15 is 0 Å². The number of benzene rings is 1. The average Bonchev–Trinajstić information content (AvgIpc) is 3.19. The van der Waals surface area contributed by atoms with E-state index in [9.17, 15) is 4.79 Å². The van der Waals surface area contributed by atoms with Crippen molar-refractivity contribution < 1.29 is 9.53 Å². The quantitative estimate of drug-likeness (QED) is 0.548. The largest absolute Gasteiger partial charge is 0.496 e. The van der Waals surface area contributed by atoms with Gasteiger partial charge in [-0.15, -0.1) is 11.3 Å². The molecular weight excluding hydrogens is 370 g/mol. The highest BCUT2D eigenvalue weighted by molar-refractivity contribution is 7.12. The van der Waals surface area contributed by atoms with Crippen molar-refractivity contribution in [3.63, 3.8) is 0 Å². The minimum Gasteiger partial charge on any atom is -0.496 e. The summed E-state index contributed by atoms with van der Waals surface area (Å²) in [7, 11) is 1.67. The maximum Gasteiger partial charge on any atom is 0.281 e. The maximum absolute atomic E-state index is 12.1. The van der Waals surface area contributed by atoms with E-state index < -0.39 is 0 Å². The van der Waals surface area contributed by atoms with E-state index in [0.29, 0.717) is 10.8 Å². The molecule has 0 aliphatic carbocycles. The van der Waals surface area contributed by atoms with Crippen molar-refractivity contribution in [2.75, 3.05) is 18.6 Å². The van der Waals surface area contributed by atoms with Gasteiger partial charge in [0.2, 0.25) is 0 Å². The van der Waals surface area contributed by atoms with E-state index in [-0.39, 0.29) is 11.4 Å². The number of carbonyl (C=O) groups is 1. The molecule has 1 atom stereocenters. The van der Waals surface area contributed by atoms with Crippen LogP contribution in [-0.4, -0.2) is 31.3 Å². The van der Waals surface area contributed by atoms with Gasteiger partial charge in [-0.2, -0.15) is 5.10 Å². The highest BCUT2D eigenvalue weighted by Gasteiger charge is 2.36. The van der Waals surface area contributed by atoms with E-state index in [0.717, 1.165) is 30.7 Å². The molecule has 1 N–H and O–H groups in total. The Hall–Kier alpha value is -2.34. The lowest BCUT2D eigenvalue weighted by Gasteiger charge is -2.47. The second-order valence-corrected chi connectivity index (χ2v) is 8.85. The summed E-state index contributed by atoms with van der Waals surface area (Å²) in [6.45, 7) is 10.1. The van der Waals surface area contributed by atoms with Crippen molar-refractivity contribution in [1.82, 2.24) is 5.43 Å². The molecule has 1 amide bonds. The standard InChI is InChI=1S/C22H29N3O2S/c1-6-9-25-18-12-19(27-5)16(11-17(18)15(2)13-22(25,3)4)14-23-24-21(26)20-8-7-10-28-20/h7-8,10-12,14-15H,6,9,13H2,1-5H3,(H,24,26)/b23-14+. The summed E-state index contributed by atoms with van der Waals surface area (Å²) in [5.74, 6) is 1.00. The Morgan fingerprint density at radius 1 is 1.46 bits per heavy atom. The molecule has 1 aromatic carbocycles. The molecule has 1 unspecified atom stereocenters. The number of hydrogen-bond acceptors (Lipinski definition) is 5. The zero-order valence-electron chi connectivity index (χ0n) is 17.3. The van der Waals surface area contributed by atoms with Crippen molar-refractivity contribution in [3.8, 4) is 5.75 Å². The molecule has 0 radical (unpaired) electrons. The second kappa shape index (κ2) is 8.35. The van der Waals surface area contributed by atoms with Gasteiger partial charge in [-0.25, -0.2) is 5.43 Å². The van der Waals surface area contributed by atoms with Crippen LogP contribution in [0.1, 0.15) is 67.3 Å². The third-order valence-corrected chi connectivity index (χ3v) is 6.17. The lowest BCUT2D eigenvalue weighted by molar-refractivity contribution is 0.0959. The van der Waals surface area contributed by atoms with Crippen LogP contribution in [0.25, 0.3) is 0 Å². The van der Waals surface area contributed by atoms with Gasteiger partial charge in [-0.05, 0) is 55.7 Å². The number of carbonyl (C=O) groups excluding carboxylic acids is 1. The minimum absolute atomic E-state index is 0.109. The first kappa shape index (κ1) is 20.4. The van der Waals surface area contributed by atoms with Crippen molar-refractivity contribution in [2.45, 2.75) is 52.0 Å². The summed E-state index contributed by atoms with van der Waals surface area (Å²) in [5, 5.41) is 6.02. The van der Waals surface area contributed by atoms with Crippen LogP contribution in [0.5, 0.6) is 5.75 Å². The van der Waals surface area contributed by atoms with Gasteiger partial charge in [0.05, 0.1) is 18.2 Å². The van der Waals surface area contributed by atoms with Gasteiger partial charge in [-0.1, -0.05) is 19.9 Å². The van der Waals surface area contributed by atoms with Crippen LogP contribution >= 0.6 is 11.3 Å². The number of thiophene rings is 1. The number of ether oxygens (including phenoxy) is 1. The zero-order valence-corrected chi connectivity index (χ0v) is 18.1. The van der Waals surface area contributed by atoms with Gasteiger partial charge in [-0.3, -0.25) is 4.79 Å². The molecule has 0 spiro atoms. The fourth-order valence-electron chi connectivity index (χ4n) is 4.08. The highest BCUT2D eigenvalue weighted by atomic mass is 32.1. The Labute approximate surface area is 171 Å². The molecule has 3 rings (SSSR count). The third-order valence-electron chi connectivity index (χ3n) is 5.30. The molecule has 0 saturated carbocycles. The molecule has 28 heavy (non-hydrogen) atoms. The van der Waals surface area contributed by atoms with Crippen LogP contribution < -0.4 is 15.1 Å². The molecule has 0 bridgehead atoms. The predicted molar refractivity (Wildman–Crippen MR) is 117 cm³/mol. The van der Waals surface area contributed by atoms with Gasteiger partial charge < -0.3 is 9.64 Å². The Balaban J connectivity index is 1.90. The fourth-order valence-corrected chi connectivity index (χ4v) is 4.69. The number of nitrogens with zero attached hydrogens (tertiary/aromatic N) is 2. The number of hydrazone groups is 1. The molecule has 5 nitrogen and oxygen atoms in total. The predicted octanol–water partition coefficient (Wildman–Crippen LogP) is 5.02. The number of methoxy groups -OCH3 is 1. The van der Waals surface area contributed by atoms with Gasteiger partial charge in [0, 0.05) is 29.4 Å². The average molecular weight is 400 g/mol. The van der Waals surface area contributed by atoms with E-state index in [1.165, 1.54) is 22.6 Å². The van der Waals surface area contributed by atoms with Gasteiger partial charge in [0.15, 0.2) is 0 Å². The SMILES string of the molecule is CCCN1c2cc(OC)c(/C=N/NC(=O)c3cccs3)cc2C(C)CC1(C)C. The van der Waals surface area contributed by atoms with E-state index in [1.807, 2.05) is 11.4 Å². The summed E-state index contributed by atoms with van der Waals surface area (Å²) in [4.78, 5) is 15.2. The normalized spacial score (nSPS) is 18.2. The Morgan fingerprint density at radius 3 is 2.89 bits per heavy atom. The van der Waals surface area contributed by atoms with Crippen LogP contribution in [0.4, 0.5) is 5.69 Å². The summed E-state index contributed by atoms with van der Waals surface area (Å²) in [6.07, 6.45) is 3.86. The van der Waals surface area contributed by atoms with Gasteiger partial charge in [0.1, 0.15) is 5.75 Å². The lowest BCUT2D eigenvalue weighted by Crippen LogP contribution is -2.48. The van der Waals surface area contributed by atoms with Crippen LogP contribution in [0.15, 0.2) is 34.7 Å². The van der Waals surface area contributed by atoms with Crippen molar-refractivity contribution in [3.05, 3.63) is 45.6 Å². The number of amides is 1. The molecule has 2 heterocycles. The fraction of sp³-hybridized carbons (Fsp3) is 0.455. The van der Waals surface area contributed by atoms with Crippen molar-refractivity contribution in [1.29, 1.82) is 0 Å². The number of anilines is 1. The monoisotopic (exact) mass is 399 g/mol. The molecule has 6 heteroatoms. The second-order valence-electron chi connectivity index (χ2n) is 7.90. The summed E-state index contributed by atoms with van der Waals surface area (Å²) >= 11 is 1.39. The van der Waals surface area contributed by atoms with E-state index in [2.05, 4.69) is 55.3 Å². The van der Waals surface area contributed by atoms with Gasteiger partial charge in [0.25, 0.3) is 5.91 Å². The van der Waals surface area contributed by atoms with Crippen molar-refractivity contribution in [2.24, 2.45) is 5.10 Å². The molecule has 0 saturated heterocycles. The first-order chi connectivity index (χ1) is 13.4. The third kappa shape index (κ3) is 4.07. The Kier molecular flexibility index (Phi) is 6.08. The number of hydrogen-bond donors (Lipinski definition) is 1. The minimum atomic E-state index is -0.201. The highest BCUT2D eigenvalue weighted by Crippen LogP contribution is 2.45. The lowest BCUT2D eigenvalue weighted by atomic mass is 9.79. The molecular formula is C22H29N3O2S. The zero-order chi connectivity index (χ0) is 20.3. The van der Waals surface area contributed by atoms with Crippen molar-refractivity contribution >= 4 is 29.1 Å². The van der Waals surface area contributed by atoms with E-state index in [1.54, 1.807) is 19.4 Å². The molecule has 0 fully saturated rings. The summed E-state index contributed by atoms with van der Waals surface area (Å²) < 4.78 is 5.64. The molecule has 1 aromatic heterocycles. The Morgan fingerprint density at radius 2 is 2.25 bits per heavy atom. The van der Waals surface area contributed by atoms with Crippen LogP contribution in [0.2, 0.25) is 0 Å². The van der Waals surface area contributed by atoms with Gasteiger partial charge >= 0.3 is 0 Å². The number of fused-ring (bicyclic) bond motifs is 1. The summed E-state index contributed by atoms with van der Waals surface area (Å²) in [5.41, 5.74) is 6.12. The first-order valence-corrected chi connectivity index (χ1v) is 10.6.